The molecule has 0 aliphatic carbocycles. The Balaban J connectivity index is 2.79. The molecule has 0 amide bonds. The molecule has 90 valence electrons. The van der Waals surface area contributed by atoms with Crippen molar-refractivity contribution < 1.29 is 18.7 Å². The van der Waals surface area contributed by atoms with Crippen molar-refractivity contribution in [3.05, 3.63) is 34.3 Å². The van der Waals surface area contributed by atoms with Crippen LogP contribution in [0.3, 0.4) is 0 Å². The zero-order valence-corrected chi connectivity index (χ0v) is 9.84. The number of fused-ring (bicyclic) bond motifs is 1. The van der Waals surface area contributed by atoms with E-state index in [-0.39, 0.29) is 16.4 Å². The maximum absolute atomic E-state index is 13.7. The molecule has 0 radical (unpaired) electrons. The van der Waals surface area contributed by atoms with Gasteiger partial charge in [0.05, 0.1) is 5.02 Å². The Morgan fingerprint density at radius 3 is 2.82 bits per heavy atom. The number of carbonyl (C=O) groups is 1. The van der Waals surface area contributed by atoms with Crippen LogP contribution in [-0.2, 0) is 6.42 Å². The Morgan fingerprint density at radius 2 is 2.24 bits per heavy atom. The molecule has 17 heavy (non-hydrogen) atoms. The topological polar surface area (TPSA) is 50.4 Å². The molecular weight excluding hydrogens is 247 g/mol. The third kappa shape index (κ3) is 1.89. The summed E-state index contributed by atoms with van der Waals surface area (Å²) >= 11 is 5.62. The van der Waals surface area contributed by atoms with Crippen LogP contribution in [0.1, 0.15) is 29.5 Å². The largest absolute Gasteiger partial charge is 0.475 e. The minimum atomic E-state index is -1.19. The summed E-state index contributed by atoms with van der Waals surface area (Å²) in [6.07, 6.45) is 1.27. The van der Waals surface area contributed by atoms with E-state index < -0.39 is 11.8 Å². The van der Waals surface area contributed by atoms with Gasteiger partial charge in [0.15, 0.2) is 11.4 Å². The van der Waals surface area contributed by atoms with E-state index in [9.17, 15) is 9.18 Å². The Labute approximate surface area is 102 Å². The molecule has 0 aliphatic heterocycles. The SMILES string of the molecule is CCCc1c(C(=O)O)oc2c(F)c(Cl)ccc12. The minimum Gasteiger partial charge on any atom is -0.475 e. The van der Waals surface area contributed by atoms with Crippen molar-refractivity contribution in [3.63, 3.8) is 0 Å². The van der Waals surface area contributed by atoms with Crippen molar-refractivity contribution in [2.45, 2.75) is 19.8 Å². The van der Waals surface area contributed by atoms with Crippen LogP contribution >= 0.6 is 11.6 Å². The summed E-state index contributed by atoms with van der Waals surface area (Å²) in [7, 11) is 0. The van der Waals surface area contributed by atoms with Gasteiger partial charge in [0.2, 0.25) is 5.76 Å². The second kappa shape index (κ2) is 4.37. The molecule has 1 N–H and O–H groups in total. The average molecular weight is 257 g/mol. The highest BCUT2D eigenvalue weighted by Crippen LogP contribution is 2.32. The van der Waals surface area contributed by atoms with E-state index in [1.165, 1.54) is 6.07 Å². The van der Waals surface area contributed by atoms with Crippen LogP contribution < -0.4 is 0 Å². The Morgan fingerprint density at radius 1 is 1.53 bits per heavy atom. The quantitative estimate of drug-likeness (QED) is 0.907. The van der Waals surface area contributed by atoms with Crippen molar-refractivity contribution >= 4 is 28.5 Å². The molecule has 0 saturated heterocycles. The van der Waals surface area contributed by atoms with Gasteiger partial charge in [-0.2, -0.15) is 0 Å². The molecule has 0 unspecified atom stereocenters. The van der Waals surface area contributed by atoms with Gasteiger partial charge in [-0.25, -0.2) is 9.18 Å². The van der Waals surface area contributed by atoms with E-state index in [2.05, 4.69) is 0 Å². The second-order valence-corrected chi connectivity index (χ2v) is 4.11. The lowest BCUT2D eigenvalue weighted by molar-refractivity contribution is 0.0663. The van der Waals surface area contributed by atoms with E-state index in [0.29, 0.717) is 17.4 Å². The highest BCUT2D eigenvalue weighted by atomic mass is 35.5. The fraction of sp³-hybridized carbons (Fsp3) is 0.250. The van der Waals surface area contributed by atoms with Crippen LogP contribution in [-0.4, -0.2) is 11.1 Å². The fourth-order valence-corrected chi connectivity index (χ4v) is 1.98. The number of aromatic carboxylic acids is 1. The van der Waals surface area contributed by atoms with Crippen LogP contribution in [0.4, 0.5) is 4.39 Å². The predicted molar refractivity (Wildman–Crippen MR) is 62.1 cm³/mol. The molecule has 0 fully saturated rings. The summed E-state index contributed by atoms with van der Waals surface area (Å²) in [5, 5.41) is 9.40. The summed E-state index contributed by atoms with van der Waals surface area (Å²) < 4.78 is 18.7. The number of rotatable bonds is 3. The van der Waals surface area contributed by atoms with Crippen LogP contribution in [0.2, 0.25) is 5.02 Å². The Bertz CT molecular complexity index is 589. The molecule has 0 aliphatic rings. The second-order valence-electron chi connectivity index (χ2n) is 3.70. The lowest BCUT2D eigenvalue weighted by atomic mass is 10.1. The van der Waals surface area contributed by atoms with Gasteiger partial charge >= 0.3 is 5.97 Å². The standard InChI is InChI=1S/C12H10ClFO3/c1-2-3-6-7-4-5-8(13)9(14)10(7)17-11(6)12(15)16/h4-5H,2-3H2,1H3,(H,15,16). The number of carboxylic acid groups (broad SMARTS) is 1. The van der Waals surface area contributed by atoms with E-state index in [4.69, 9.17) is 21.1 Å². The van der Waals surface area contributed by atoms with E-state index in [1.807, 2.05) is 6.92 Å². The summed E-state index contributed by atoms with van der Waals surface area (Å²) in [5.41, 5.74) is 0.434. The highest BCUT2D eigenvalue weighted by molar-refractivity contribution is 6.31. The molecule has 0 atom stereocenters. The normalized spacial score (nSPS) is 11.0. The van der Waals surface area contributed by atoms with Crippen molar-refractivity contribution in [1.29, 1.82) is 0 Å². The number of hydrogen-bond acceptors (Lipinski definition) is 2. The third-order valence-electron chi connectivity index (χ3n) is 2.55. The number of benzene rings is 1. The van der Waals surface area contributed by atoms with E-state index in [0.717, 1.165) is 6.42 Å². The summed E-state index contributed by atoms with van der Waals surface area (Å²) in [6, 6.07) is 2.99. The summed E-state index contributed by atoms with van der Waals surface area (Å²) in [4.78, 5) is 11.0. The smallest absolute Gasteiger partial charge is 0.372 e. The first kappa shape index (κ1) is 11.9. The van der Waals surface area contributed by atoms with Gasteiger partial charge in [-0.3, -0.25) is 0 Å². The van der Waals surface area contributed by atoms with Gasteiger partial charge in [0.1, 0.15) is 0 Å². The predicted octanol–water partition coefficient (Wildman–Crippen LogP) is 3.88. The van der Waals surface area contributed by atoms with Crippen molar-refractivity contribution in [1.82, 2.24) is 0 Å². The van der Waals surface area contributed by atoms with Gasteiger partial charge in [-0.15, -0.1) is 0 Å². The number of halogens is 2. The maximum Gasteiger partial charge on any atom is 0.372 e. The van der Waals surface area contributed by atoms with Crippen molar-refractivity contribution in [2.24, 2.45) is 0 Å². The molecule has 0 spiro atoms. The fourth-order valence-electron chi connectivity index (χ4n) is 1.83. The Hall–Kier alpha value is -1.55. The first-order valence-corrected chi connectivity index (χ1v) is 5.56. The summed E-state index contributed by atoms with van der Waals surface area (Å²) in [6.45, 7) is 1.91. The molecule has 2 rings (SSSR count). The van der Waals surface area contributed by atoms with Crippen molar-refractivity contribution in [3.8, 4) is 0 Å². The first-order chi connectivity index (χ1) is 8.06. The Kier molecular flexibility index (Phi) is 3.07. The van der Waals surface area contributed by atoms with Crippen molar-refractivity contribution in [2.75, 3.05) is 0 Å². The molecule has 0 saturated carbocycles. The molecule has 1 heterocycles. The zero-order valence-electron chi connectivity index (χ0n) is 9.09. The number of aryl methyl sites for hydroxylation is 1. The molecule has 0 bridgehead atoms. The lowest BCUT2D eigenvalue weighted by Gasteiger charge is -1.97. The zero-order chi connectivity index (χ0) is 12.6. The molecule has 1 aromatic carbocycles. The number of furan rings is 1. The molecular formula is C12H10ClFO3. The van der Waals surface area contributed by atoms with Gasteiger partial charge in [0, 0.05) is 10.9 Å². The van der Waals surface area contributed by atoms with Gasteiger partial charge in [-0.1, -0.05) is 24.9 Å². The number of carboxylic acids is 1. The first-order valence-electron chi connectivity index (χ1n) is 5.19. The highest BCUT2D eigenvalue weighted by Gasteiger charge is 2.22. The van der Waals surface area contributed by atoms with Crippen LogP contribution in [0.5, 0.6) is 0 Å². The van der Waals surface area contributed by atoms with Crippen LogP contribution in [0.25, 0.3) is 11.0 Å². The van der Waals surface area contributed by atoms with Crippen LogP contribution in [0, 0.1) is 5.82 Å². The molecule has 3 nitrogen and oxygen atoms in total. The monoisotopic (exact) mass is 256 g/mol. The maximum atomic E-state index is 13.7. The van der Waals surface area contributed by atoms with Crippen LogP contribution in [0.15, 0.2) is 16.5 Å². The molecule has 5 heteroatoms. The van der Waals surface area contributed by atoms with Gasteiger partial charge in [-0.05, 0) is 18.6 Å². The molecule has 2 aromatic rings. The van der Waals surface area contributed by atoms with E-state index >= 15 is 0 Å². The van der Waals surface area contributed by atoms with Gasteiger partial charge in [0.25, 0.3) is 0 Å². The van der Waals surface area contributed by atoms with Gasteiger partial charge < -0.3 is 9.52 Å². The minimum absolute atomic E-state index is 0.0776. The molecule has 1 aromatic heterocycles. The average Bonchev–Trinajstić information content (AvgIpc) is 2.64. The third-order valence-corrected chi connectivity index (χ3v) is 2.84. The lowest BCUT2D eigenvalue weighted by Crippen LogP contribution is -1.98. The summed E-state index contributed by atoms with van der Waals surface area (Å²) in [5.74, 6) is -2.11. The number of hydrogen-bond donors (Lipinski definition) is 1. The van der Waals surface area contributed by atoms with E-state index in [1.54, 1.807) is 6.07 Å².